The second-order valence-electron chi connectivity index (χ2n) is 18.5. The lowest BCUT2D eigenvalue weighted by Gasteiger charge is -2.28. The number of fused-ring (bicyclic) bond motifs is 1. The van der Waals surface area contributed by atoms with E-state index in [0.29, 0.717) is 22.8 Å². The molecule has 4 nitrogen and oxygen atoms in total. The summed E-state index contributed by atoms with van der Waals surface area (Å²) in [5, 5.41) is 13.2. The average molecular weight is 906 g/mol. The van der Waals surface area contributed by atoms with Crippen LogP contribution >= 0.6 is 0 Å². The van der Waals surface area contributed by atoms with Gasteiger partial charge in [-0.2, -0.15) is 0 Å². The van der Waals surface area contributed by atoms with Gasteiger partial charge in [-0.05, 0) is 126 Å². The first-order chi connectivity index (χ1) is 45.0. The van der Waals surface area contributed by atoms with Gasteiger partial charge in [0, 0.05) is 59.9 Å². The number of hydrogen-bond donors (Lipinski definition) is 1. The van der Waals surface area contributed by atoms with Crippen molar-refractivity contribution in [2.75, 3.05) is 0 Å². The summed E-state index contributed by atoms with van der Waals surface area (Å²) in [4.78, 5) is 9.38. The Kier molecular flexibility index (Phi) is 5.10. The second kappa shape index (κ2) is 16.6. The molecule has 1 N–H and O–H groups in total. The predicted molar refractivity (Wildman–Crippen MR) is 281 cm³/mol. The Morgan fingerprint density at radius 1 is 0.500 bits per heavy atom. The predicted octanol–water partition coefficient (Wildman–Crippen LogP) is 16.9. The van der Waals surface area contributed by atoms with Gasteiger partial charge in [0.25, 0.3) is 0 Å². The summed E-state index contributed by atoms with van der Waals surface area (Å²) in [7, 11) is 0. The lowest BCUT2D eigenvalue weighted by molar-refractivity contribution is 0.446. The third-order valence-corrected chi connectivity index (χ3v) is 11.3. The number of aromatic nitrogens is 3. The van der Waals surface area contributed by atoms with Gasteiger partial charge in [-0.25, -0.2) is 4.98 Å². The van der Waals surface area contributed by atoms with E-state index in [-0.39, 0.29) is 39.5 Å². The van der Waals surface area contributed by atoms with Gasteiger partial charge in [-0.3, -0.25) is 9.55 Å². The minimum absolute atomic E-state index is 0.0295. The first-order valence-electron chi connectivity index (χ1n) is 37.8. The smallest absolute Gasteiger partial charge is 0.149 e. The molecule has 2 aromatic heterocycles. The Hall–Kier alpha value is -6.26. The highest BCUT2D eigenvalue weighted by atomic mass is 16.3. The molecule has 0 unspecified atom stereocenters. The van der Waals surface area contributed by atoms with E-state index >= 15 is 0 Å². The molecular weight excluding hydrogens is 803 g/mol. The van der Waals surface area contributed by atoms with Gasteiger partial charge in [-0.15, -0.1) is 0 Å². The molecule has 66 heavy (non-hydrogen) atoms. The first-order valence-corrected chi connectivity index (χ1v) is 20.8. The molecule has 4 heteroatoms. The normalized spacial score (nSPS) is 22.1. The van der Waals surface area contributed by atoms with Crippen LogP contribution in [-0.2, 0) is 27.1 Å². The van der Waals surface area contributed by atoms with E-state index in [2.05, 4.69) is 4.98 Å². The molecule has 6 aromatic carbocycles. The maximum atomic E-state index is 13.2. The van der Waals surface area contributed by atoms with Crippen LogP contribution in [-0.4, -0.2) is 19.6 Å². The molecule has 0 aliphatic rings. The van der Waals surface area contributed by atoms with Gasteiger partial charge >= 0.3 is 0 Å². The molecule has 0 aliphatic carbocycles. The summed E-state index contributed by atoms with van der Waals surface area (Å²) in [6.07, 6.45) is -0.940. The van der Waals surface area contributed by atoms with Crippen LogP contribution in [0.3, 0.4) is 0 Å². The van der Waals surface area contributed by atoms with E-state index in [9.17, 15) is 9.22 Å². The molecule has 338 valence electrons. The zero-order chi connectivity index (χ0) is 76.3. The number of benzene rings is 6. The summed E-state index contributed by atoms with van der Waals surface area (Å²) in [5.74, 6) is -2.14. The Labute approximate surface area is 442 Å². The number of phenolic OH excluding ortho intramolecular Hbond substituents is 1. The first kappa shape index (κ1) is 20.3. The number of phenols is 1. The van der Waals surface area contributed by atoms with E-state index in [1.807, 2.05) is 32.9 Å². The lowest BCUT2D eigenvalue weighted by Crippen LogP contribution is -2.18. The Balaban J connectivity index is 1.60. The fourth-order valence-corrected chi connectivity index (χ4v) is 7.76. The quantitative estimate of drug-likeness (QED) is 0.181. The van der Waals surface area contributed by atoms with E-state index < -0.39 is 182 Å². The van der Waals surface area contributed by atoms with Gasteiger partial charge in [0.2, 0.25) is 0 Å². The van der Waals surface area contributed by atoms with E-state index in [1.165, 1.54) is 34.9 Å². The van der Waals surface area contributed by atoms with Crippen LogP contribution in [0.1, 0.15) is 178 Å². The minimum atomic E-state index is -4.29. The summed E-state index contributed by atoms with van der Waals surface area (Å²) in [6.45, 7) is -26.8. The molecule has 0 fully saturated rings. The molecule has 0 bridgehead atoms. The highest BCUT2D eigenvalue weighted by Crippen LogP contribution is 2.46. The molecule has 0 saturated carbocycles. The largest absolute Gasteiger partial charge is 0.507 e. The van der Waals surface area contributed by atoms with Crippen molar-refractivity contribution in [3.63, 3.8) is 0 Å². The van der Waals surface area contributed by atoms with Gasteiger partial charge in [0.15, 0.2) is 0 Å². The number of pyridine rings is 1. The van der Waals surface area contributed by atoms with Gasteiger partial charge in [0.1, 0.15) is 11.6 Å². The van der Waals surface area contributed by atoms with E-state index in [0.717, 1.165) is 5.56 Å². The summed E-state index contributed by atoms with van der Waals surface area (Å²) < 4.78 is 299. The Morgan fingerprint density at radius 3 is 1.83 bits per heavy atom. The minimum Gasteiger partial charge on any atom is -0.507 e. The van der Waals surface area contributed by atoms with Crippen LogP contribution in [0.4, 0.5) is 0 Å². The van der Waals surface area contributed by atoms with Crippen molar-refractivity contribution in [1.82, 2.24) is 14.5 Å². The number of aromatic hydroxyl groups is 1. The Bertz CT molecular complexity index is 4380. The molecule has 0 amide bonds. The molecular formula is C62H69N3O. The SMILES string of the molecule is [2H]c1nc(-c2cc(-c3cccc4c3nc(-c3cc(C(C([2H])([2H])[2H])(C([2H])([2H])[2H])C([2H])([2H])[2H])cc(C(C([2H])([2H])[2H])(C([2H])([2H])[2H])C([2H])([2H])[2H])c3O)n4-c3ccc(-c4ccccc4)cc3C(C)(C)C)cc(C(C)(C)C)c2)c([2H])c(-c2c([2H])c([2H])c(C(C([2H])([2H])[2H])(C([2H])([2H])[2H])C([2H])([2H])[2H])c([2H])c2[2H])c1[2H]. The molecule has 0 radical (unpaired) electrons. The van der Waals surface area contributed by atoms with Crippen molar-refractivity contribution in [2.45, 2.75) is 130 Å². The average Bonchev–Trinajstić information content (AvgIpc) is 0.721. The van der Waals surface area contributed by atoms with Crippen molar-refractivity contribution in [2.24, 2.45) is 0 Å². The number of rotatable bonds is 6. The molecule has 8 rings (SSSR count). The summed E-state index contributed by atoms with van der Waals surface area (Å²) in [5.41, 5.74) is -19.6. The van der Waals surface area contributed by atoms with Crippen LogP contribution in [0, 0.1) is 0 Å². The zero-order valence-corrected chi connectivity index (χ0v) is 37.0. The Morgan fingerprint density at radius 2 is 1.17 bits per heavy atom. The van der Waals surface area contributed by atoms with E-state index in [4.69, 9.17) is 47.5 Å². The monoisotopic (exact) mass is 906 g/mol. The van der Waals surface area contributed by atoms with Gasteiger partial charge in [-0.1, -0.05) is 188 Å². The highest BCUT2D eigenvalue weighted by Gasteiger charge is 2.31. The van der Waals surface area contributed by atoms with Crippen LogP contribution in [0.15, 0.2) is 139 Å². The summed E-state index contributed by atoms with van der Waals surface area (Å²) in [6, 6.07) is 16.7. The number of hydrogen-bond acceptors (Lipinski definition) is 3. The number of nitrogens with zero attached hydrogens (tertiary/aromatic N) is 3. The third-order valence-electron chi connectivity index (χ3n) is 11.3. The second-order valence-corrected chi connectivity index (χ2v) is 18.5. The lowest BCUT2D eigenvalue weighted by atomic mass is 9.78. The zero-order valence-electron chi connectivity index (χ0n) is 71.0. The van der Waals surface area contributed by atoms with Crippen LogP contribution in [0.5, 0.6) is 5.75 Å². The molecule has 2 heterocycles. The number of para-hydroxylation sites is 1. The van der Waals surface area contributed by atoms with Crippen molar-refractivity contribution >= 4 is 11.0 Å². The van der Waals surface area contributed by atoms with Crippen molar-refractivity contribution < 1.29 is 51.7 Å². The van der Waals surface area contributed by atoms with Crippen LogP contribution < -0.4 is 0 Å². The van der Waals surface area contributed by atoms with Crippen LogP contribution in [0.25, 0.3) is 72.7 Å². The maximum absolute atomic E-state index is 13.2. The van der Waals surface area contributed by atoms with Crippen molar-refractivity contribution in [3.8, 4) is 67.5 Å². The van der Waals surface area contributed by atoms with Gasteiger partial charge < -0.3 is 5.11 Å². The standard InChI is InChI=1S/C62H69N3O/c1-58(2,3)45-27-24-40(25-28-45)42-30-31-63-52(36-42)44-32-43(33-46(34-44)59(4,5)6)48-22-19-23-54-55(48)64-57(49-37-47(60(7,8)9)38-51(56(49)66)62(13,14)15)65(54)53-29-26-41(35-50(53)61(10,11)12)39-20-17-16-18-21-39/h16-38,66H,1-15H3/i1D3,2D3,3D3,7D3,8D3,9D3,13D3,14D3,15D3,24D,25D,27D,28D,30D,31D,36D. The highest BCUT2D eigenvalue weighted by molar-refractivity contribution is 5.97. The van der Waals surface area contributed by atoms with Crippen LogP contribution in [0.2, 0.25) is 0 Å². The molecule has 0 saturated heterocycles. The maximum Gasteiger partial charge on any atom is 0.149 e. The van der Waals surface area contributed by atoms with Gasteiger partial charge in [0.05, 0.1) is 37.6 Å². The molecule has 0 aliphatic heterocycles. The fraction of sp³-hybridized carbons (Fsp3) is 0.323. The van der Waals surface area contributed by atoms with Crippen molar-refractivity contribution in [3.05, 3.63) is 167 Å². The topological polar surface area (TPSA) is 50.9 Å². The molecule has 8 aromatic rings. The molecule has 0 spiro atoms. The fourth-order valence-electron chi connectivity index (χ4n) is 7.76. The van der Waals surface area contributed by atoms with E-state index in [1.54, 1.807) is 63.2 Å². The molecule has 0 atom stereocenters. The van der Waals surface area contributed by atoms with Crippen molar-refractivity contribution in [1.29, 1.82) is 0 Å². The summed E-state index contributed by atoms with van der Waals surface area (Å²) >= 11 is 0. The third kappa shape index (κ3) is 9.12. The number of imidazole rings is 1.